The normalized spacial score (nSPS) is 39.1. The molecule has 0 saturated carbocycles. The fourth-order valence-electron chi connectivity index (χ4n) is 2.60. The third kappa shape index (κ3) is 2.00. The van der Waals surface area contributed by atoms with Crippen molar-refractivity contribution in [2.45, 2.75) is 43.9 Å². The summed E-state index contributed by atoms with van der Waals surface area (Å²) in [5.41, 5.74) is 0. The Kier molecular flexibility index (Phi) is 2.81. The maximum Gasteiger partial charge on any atom is 0.217 e. The monoisotopic (exact) mass is 217 g/mol. The van der Waals surface area contributed by atoms with Gasteiger partial charge >= 0.3 is 0 Å². The minimum atomic E-state index is 0.318. The Labute approximate surface area is 90.0 Å². The molecule has 2 fully saturated rings. The minimum absolute atomic E-state index is 0.318. The van der Waals surface area contributed by atoms with Crippen LogP contribution < -0.4 is 0 Å². The molecule has 0 radical (unpaired) electrons. The first kappa shape index (κ1) is 9.74. The fraction of sp³-hybridized carbons (Fsp3) is 0.889. The van der Waals surface area contributed by atoms with E-state index in [9.17, 15) is 0 Å². The van der Waals surface area contributed by atoms with Gasteiger partial charge in [0.25, 0.3) is 0 Å². The number of hydrogen-bond acceptors (Lipinski definition) is 3. The molecule has 2 bridgehead atoms. The van der Waals surface area contributed by atoms with E-state index in [2.05, 4.69) is 24.6 Å². The van der Waals surface area contributed by atoms with Crippen molar-refractivity contribution in [3.63, 3.8) is 0 Å². The summed E-state index contributed by atoms with van der Waals surface area (Å²) in [5.74, 6) is 0. The molecule has 2 nitrogen and oxygen atoms in total. The van der Waals surface area contributed by atoms with Gasteiger partial charge in [0.15, 0.2) is 0 Å². The van der Waals surface area contributed by atoms with Gasteiger partial charge < -0.3 is 9.64 Å². The number of fused-ring (bicyclic) bond motifs is 2. The van der Waals surface area contributed by atoms with Crippen LogP contribution in [0.4, 0.5) is 0 Å². The first-order valence-corrected chi connectivity index (χ1v) is 5.64. The number of rotatable bonds is 1. The van der Waals surface area contributed by atoms with Crippen molar-refractivity contribution in [2.24, 2.45) is 0 Å². The van der Waals surface area contributed by atoms with E-state index in [4.69, 9.17) is 17.0 Å². The average Bonchev–Trinajstić information content (AvgIpc) is 2.33. The summed E-state index contributed by atoms with van der Waals surface area (Å²) in [7, 11) is 2.22. The molecule has 2 aliphatic heterocycles. The van der Waals surface area contributed by atoms with Gasteiger partial charge in [-0.3, -0.25) is 0 Å². The van der Waals surface area contributed by atoms with Crippen LogP contribution in [0, 0.1) is 0 Å². The van der Waals surface area contributed by atoms with Gasteiger partial charge in [-0.15, -0.1) is 0 Å². The van der Waals surface area contributed by atoms with Gasteiger partial charge in [0.2, 0.25) is 4.38 Å². The van der Waals surface area contributed by atoms with Crippen molar-refractivity contribution in [3.8, 4) is 0 Å². The smallest absolute Gasteiger partial charge is 0.217 e. The van der Waals surface area contributed by atoms with Gasteiger partial charge in [0, 0.05) is 12.1 Å². The first-order chi connectivity index (χ1) is 6.16. The number of nitrogens with zero attached hydrogens (tertiary/aromatic N) is 1. The maximum atomic E-state index is 5.49. The lowest BCUT2D eigenvalue weighted by atomic mass is 10.0. The summed E-state index contributed by atoms with van der Waals surface area (Å²) in [6.45, 7) is 0. The van der Waals surface area contributed by atoms with E-state index in [0.717, 1.165) is 12.8 Å². The Hall–Kier alpha value is 0.200. The molecule has 0 aliphatic carbocycles. The van der Waals surface area contributed by atoms with Gasteiger partial charge in [-0.1, -0.05) is 12.6 Å². The van der Waals surface area contributed by atoms with Crippen molar-refractivity contribution in [3.05, 3.63) is 0 Å². The average molecular weight is 217 g/mol. The second kappa shape index (κ2) is 3.75. The molecule has 3 atom stereocenters. The second-order valence-corrected chi connectivity index (χ2v) is 5.11. The van der Waals surface area contributed by atoms with E-state index >= 15 is 0 Å². The van der Waals surface area contributed by atoms with Gasteiger partial charge in [0.1, 0.15) is 6.10 Å². The molecule has 0 aromatic rings. The molecule has 4 heteroatoms. The Morgan fingerprint density at radius 3 is 2.38 bits per heavy atom. The zero-order chi connectivity index (χ0) is 9.42. The molecular formula is C9H15NOS2. The van der Waals surface area contributed by atoms with Crippen LogP contribution in [0.3, 0.4) is 0 Å². The summed E-state index contributed by atoms with van der Waals surface area (Å²) in [6.07, 6.45) is 5.20. The molecule has 0 amide bonds. The lowest BCUT2D eigenvalue weighted by Crippen LogP contribution is -2.43. The SMILES string of the molecule is CN1[C@@H]2CC[C@H]1CC(OC(=S)S)C2. The van der Waals surface area contributed by atoms with Crippen molar-refractivity contribution < 1.29 is 4.74 Å². The molecule has 1 unspecified atom stereocenters. The highest BCUT2D eigenvalue weighted by Crippen LogP contribution is 2.35. The Morgan fingerprint density at radius 1 is 1.38 bits per heavy atom. The highest BCUT2D eigenvalue weighted by molar-refractivity contribution is 8.10. The number of piperidine rings is 1. The van der Waals surface area contributed by atoms with Crippen LogP contribution in [0.5, 0.6) is 0 Å². The predicted octanol–water partition coefficient (Wildman–Crippen LogP) is 1.84. The largest absolute Gasteiger partial charge is 0.475 e. The van der Waals surface area contributed by atoms with Crippen molar-refractivity contribution in [1.29, 1.82) is 0 Å². The molecule has 2 heterocycles. The molecule has 0 spiro atoms. The zero-order valence-corrected chi connectivity index (χ0v) is 9.48. The van der Waals surface area contributed by atoms with Crippen molar-refractivity contribution in [2.75, 3.05) is 7.05 Å². The van der Waals surface area contributed by atoms with Crippen LogP contribution in [0.2, 0.25) is 0 Å². The summed E-state index contributed by atoms with van der Waals surface area (Å²) in [5, 5.41) is 0. The lowest BCUT2D eigenvalue weighted by Gasteiger charge is -2.35. The van der Waals surface area contributed by atoms with Crippen molar-refractivity contribution in [1.82, 2.24) is 4.90 Å². The second-order valence-electron chi connectivity index (χ2n) is 4.03. The molecule has 2 rings (SSSR count). The Balaban J connectivity index is 1.95. The van der Waals surface area contributed by atoms with Gasteiger partial charge in [0.05, 0.1) is 0 Å². The molecule has 2 aliphatic rings. The Morgan fingerprint density at radius 2 is 1.92 bits per heavy atom. The fourth-order valence-corrected chi connectivity index (χ4v) is 2.89. The number of hydrogen-bond donors (Lipinski definition) is 1. The quantitative estimate of drug-likeness (QED) is 0.532. The number of thiocarbonyl (C=S) groups is 1. The minimum Gasteiger partial charge on any atom is -0.475 e. The van der Waals surface area contributed by atoms with Crippen LogP contribution in [-0.2, 0) is 4.74 Å². The summed E-state index contributed by atoms with van der Waals surface area (Å²) in [6, 6.07) is 1.43. The standard InChI is InChI=1S/C9H15NOS2/c1-10-6-2-3-7(10)5-8(4-6)11-9(12)13/h6-8H,2-5H2,1H3,(H,12,13)/t6-,7+,8?. The topological polar surface area (TPSA) is 12.5 Å². The number of ether oxygens (including phenoxy) is 1. The number of thiol groups is 1. The lowest BCUT2D eigenvalue weighted by molar-refractivity contribution is 0.0638. The zero-order valence-electron chi connectivity index (χ0n) is 7.77. The van der Waals surface area contributed by atoms with E-state index in [1.165, 1.54) is 12.8 Å². The van der Waals surface area contributed by atoms with Crippen LogP contribution in [0.1, 0.15) is 25.7 Å². The first-order valence-electron chi connectivity index (χ1n) is 4.78. The van der Waals surface area contributed by atoms with Gasteiger partial charge in [-0.25, -0.2) is 0 Å². The van der Waals surface area contributed by atoms with E-state index in [0.29, 0.717) is 22.6 Å². The Bertz CT molecular complexity index is 208. The highest BCUT2D eigenvalue weighted by atomic mass is 32.1. The molecule has 13 heavy (non-hydrogen) atoms. The van der Waals surface area contributed by atoms with E-state index < -0.39 is 0 Å². The molecule has 0 N–H and O–H groups in total. The maximum absolute atomic E-state index is 5.49. The van der Waals surface area contributed by atoms with Gasteiger partial charge in [-0.2, -0.15) is 0 Å². The summed E-state index contributed by atoms with van der Waals surface area (Å²) >= 11 is 8.84. The summed E-state index contributed by atoms with van der Waals surface area (Å²) < 4.78 is 5.89. The van der Waals surface area contributed by atoms with E-state index in [-0.39, 0.29) is 0 Å². The van der Waals surface area contributed by atoms with Crippen LogP contribution >= 0.6 is 24.8 Å². The third-order valence-electron chi connectivity index (χ3n) is 3.32. The molecular weight excluding hydrogens is 202 g/mol. The molecule has 74 valence electrons. The van der Waals surface area contributed by atoms with Crippen LogP contribution in [0.25, 0.3) is 0 Å². The van der Waals surface area contributed by atoms with E-state index in [1.807, 2.05) is 0 Å². The van der Waals surface area contributed by atoms with E-state index in [1.54, 1.807) is 0 Å². The molecule has 0 aromatic heterocycles. The molecule has 0 aromatic carbocycles. The predicted molar refractivity (Wildman–Crippen MR) is 60.3 cm³/mol. The third-order valence-corrected chi connectivity index (χ3v) is 3.52. The summed E-state index contributed by atoms with van der Waals surface area (Å²) in [4.78, 5) is 2.49. The highest BCUT2D eigenvalue weighted by Gasteiger charge is 2.39. The van der Waals surface area contributed by atoms with Gasteiger partial charge in [-0.05, 0) is 44.9 Å². The van der Waals surface area contributed by atoms with Crippen molar-refractivity contribution >= 4 is 29.2 Å². The van der Waals surface area contributed by atoms with Crippen LogP contribution in [-0.4, -0.2) is 34.5 Å². The van der Waals surface area contributed by atoms with Crippen LogP contribution in [0.15, 0.2) is 0 Å². The molecule has 2 saturated heterocycles.